The van der Waals surface area contributed by atoms with Crippen molar-refractivity contribution >= 4 is 23.9 Å². The molecule has 1 fully saturated rings. The van der Waals surface area contributed by atoms with Gasteiger partial charge in [0, 0.05) is 52.4 Å². The van der Waals surface area contributed by atoms with Gasteiger partial charge in [-0.15, -0.1) is 0 Å². The van der Waals surface area contributed by atoms with Crippen molar-refractivity contribution in [1.82, 2.24) is 19.6 Å². The summed E-state index contributed by atoms with van der Waals surface area (Å²) >= 11 is 0. The van der Waals surface area contributed by atoms with Crippen LogP contribution in [0, 0.1) is 0 Å². The highest BCUT2D eigenvalue weighted by molar-refractivity contribution is 5.73. The van der Waals surface area contributed by atoms with Crippen LogP contribution in [0.3, 0.4) is 0 Å². The third-order valence-corrected chi connectivity index (χ3v) is 7.87. The zero-order valence-corrected chi connectivity index (χ0v) is 29.0. The summed E-state index contributed by atoms with van der Waals surface area (Å²) in [7, 11) is 0. The van der Waals surface area contributed by atoms with Crippen LogP contribution >= 0.6 is 0 Å². The zero-order chi connectivity index (χ0) is 34.1. The molecule has 0 bridgehead atoms. The number of hydrogen-bond donors (Lipinski definition) is 0. The fraction of sp³-hybridized carbons (Fsp3) is 0.714. The standard InChI is InChI=1S/C35H58N4O8/c1-4-7-23-44-32(40)26-36-15-17-37(27-33(41)45-24-8-5-2)19-21-39(29-35(43)47-30-31-13-11-10-12-14-31)22-20-38(18-16-36)28-34(42)46-25-9-6-3/h10-14H,4-9,15-30H2,1-3H3. The first-order chi connectivity index (χ1) is 22.8. The average molecular weight is 663 g/mol. The van der Waals surface area contributed by atoms with Crippen molar-refractivity contribution in [3.05, 3.63) is 35.9 Å². The first kappa shape index (κ1) is 40.1. The Bertz CT molecular complexity index is 988. The van der Waals surface area contributed by atoms with Crippen molar-refractivity contribution in [2.75, 3.05) is 98.4 Å². The lowest BCUT2D eigenvalue weighted by Crippen LogP contribution is -2.49. The monoisotopic (exact) mass is 662 g/mol. The van der Waals surface area contributed by atoms with Gasteiger partial charge in [-0.05, 0) is 24.8 Å². The van der Waals surface area contributed by atoms with Crippen LogP contribution in [-0.2, 0) is 44.7 Å². The van der Waals surface area contributed by atoms with Crippen LogP contribution in [0.15, 0.2) is 30.3 Å². The Hall–Kier alpha value is -3.06. The molecule has 1 aliphatic heterocycles. The fourth-order valence-electron chi connectivity index (χ4n) is 4.85. The molecule has 0 unspecified atom stereocenters. The Balaban J connectivity index is 2.16. The number of ether oxygens (including phenoxy) is 4. The summed E-state index contributed by atoms with van der Waals surface area (Å²) in [5.41, 5.74) is 0.911. The van der Waals surface area contributed by atoms with Gasteiger partial charge < -0.3 is 18.9 Å². The highest BCUT2D eigenvalue weighted by Gasteiger charge is 2.22. The number of carbonyl (C=O) groups is 4. The summed E-state index contributed by atoms with van der Waals surface area (Å²) in [6.07, 6.45) is 5.23. The van der Waals surface area contributed by atoms with Crippen LogP contribution in [-0.4, -0.2) is 142 Å². The van der Waals surface area contributed by atoms with E-state index in [1.54, 1.807) is 0 Å². The van der Waals surface area contributed by atoms with Crippen molar-refractivity contribution < 1.29 is 38.1 Å². The summed E-state index contributed by atoms with van der Waals surface area (Å²) < 4.78 is 21.9. The van der Waals surface area contributed by atoms with Crippen LogP contribution in [0.25, 0.3) is 0 Å². The number of nitrogens with zero attached hydrogens (tertiary/aromatic N) is 4. The van der Waals surface area contributed by atoms with E-state index in [0.717, 1.165) is 44.1 Å². The summed E-state index contributed by atoms with van der Waals surface area (Å²) in [6, 6.07) is 9.54. The summed E-state index contributed by atoms with van der Waals surface area (Å²) in [5.74, 6) is -1.22. The van der Waals surface area contributed by atoms with Crippen LogP contribution in [0.4, 0.5) is 0 Å². The van der Waals surface area contributed by atoms with Gasteiger partial charge in [0.1, 0.15) is 6.61 Å². The van der Waals surface area contributed by atoms with Gasteiger partial charge in [0.2, 0.25) is 0 Å². The van der Waals surface area contributed by atoms with Gasteiger partial charge in [-0.2, -0.15) is 0 Å². The van der Waals surface area contributed by atoms with Crippen molar-refractivity contribution in [3.8, 4) is 0 Å². The molecule has 1 aromatic carbocycles. The first-order valence-electron chi connectivity index (χ1n) is 17.4. The normalized spacial score (nSPS) is 16.1. The van der Waals surface area contributed by atoms with Gasteiger partial charge in [0.05, 0.1) is 46.0 Å². The number of rotatable bonds is 19. The van der Waals surface area contributed by atoms with Crippen LogP contribution < -0.4 is 0 Å². The van der Waals surface area contributed by atoms with E-state index in [9.17, 15) is 19.2 Å². The first-order valence-corrected chi connectivity index (χ1v) is 17.4. The maximum absolute atomic E-state index is 12.9. The Morgan fingerprint density at radius 3 is 1.09 bits per heavy atom. The van der Waals surface area contributed by atoms with E-state index >= 15 is 0 Å². The van der Waals surface area contributed by atoms with E-state index in [-0.39, 0.29) is 56.7 Å². The second-order valence-corrected chi connectivity index (χ2v) is 12.0. The highest BCUT2D eigenvalue weighted by Crippen LogP contribution is 2.06. The van der Waals surface area contributed by atoms with Crippen molar-refractivity contribution in [1.29, 1.82) is 0 Å². The maximum atomic E-state index is 12.9. The summed E-state index contributed by atoms with van der Waals surface area (Å²) in [6.45, 7) is 11.9. The van der Waals surface area contributed by atoms with E-state index in [4.69, 9.17) is 18.9 Å². The van der Waals surface area contributed by atoms with Gasteiger partial charge in [-0.3, -0.25) is 38.8 Å². The molecule has 12 nitrogen and oxygen atoms in total. The number of carbonyl (C=O) groups excluding carboxylic acids is 4. The molecule has 0 saturated carbocycles. The van der Waals surface area contributed by atoms with E-state index in [2.05, 4.69) is 0 Å². The Labute approximate surface area is 281 Å². The third-order valence-electron chi connectivity index (χ3n) is 7.87. The molecule has 1 heterocycles. The predicted octanol–water partition coefficient (Wildman–Crippen LogP) is 2.98. The van der Waals surface area contributed by atoms with E-state index < -0.39 is 0 Å². The smallest absolute Gasteiger partial charge is 0.320 e. The number of benzene rings is 1. The molecule has 0 aliphatic carbocycles. The van der Waals surface area contributed by atoms with Crippen molar-refractivity contribution in [2.45, 2.75) is 65.9 Å². The molecule has 0 amide bonds. The molecular formula is C35H58N4O8. The summed E-state index contributed by atoms with van der Waals surface area (Å²) in [5, 5.41) is 0. The van der Waals surface area contributed by atoms with Crippen LogP contribution in [0.1, 0.15) is 64.9 Å². The molecule has 0 radical (unpaired) electrons. The lowest BCUT2D eigenvalue weighted by Gasteiger charge is -2.33. The van der Waals surface area contributed by atoms with E-state index in [1.807, 2.05) is 70.7 Å². The number of esters is 4. The van der Waals surface area contributed by atoms with Crippen LogP contribution in [0.5, 0.6) is 0 Å². The fourth-order valence-corrected chi connectivity index (χ4v) is 4.85. The molecule has 2 rings (SSSR count). The second-order valence-electron chi connectivity index (χ2n) is 12.0. The Morgan fingerprint density at radius 2 is 0.787 bits per heavy atom. The van der Waals surface area contributed by atoms with E-state index in [1.165, 1.54) is 0 Å². The highest BCUT2D eigenvalue weighted by atomic mass is 16.5. The Morgan fingerprint density at radius 1 is 0.489 bits per heavy atom. The van der Waals surface area contributed by atoms with Crippen molar-refractivity contribution in [3.63, 3.8) is 0 Å². The minimum Gasteiger partial charge on any atom is -0.465 e. The molecule has 0 N–H and O–H groups in total. The molecule has 0 aromatic heterocycles. The third kappa shape index (κ3) is 19.4. The molecule has 1 aromatic rings. The topological polar surface area (TPSA) is 118 Å². The lowest BCUT2D eigenvalue weighted by atomic mass is 10.2. The summed E-state index contributed by atoms with van der Waals surface area (Å²) in [4.78, 5) is 59.0. The van der Waals surface area contributed by atoms with Gasteiger partial charge in [-0.1, -0.05) is 70.4 Å². The molecule has 266 valence electrons. The second kappa shape index (κ2) is 25.0. The minimum absolute atomic E-state index is 0.0755. The average Bonchev–Trinajstić information content (AvgIpc) is 3.05. The SMILES string of the molecule is CCCCOC(=O)CN1CCN(CC(=O)OCCCC)CCN(CC(=O)OCc2ccccc2)CCN(CC(=O)OCCCC)CC1. The molecule has 0 spiro atoms. The van der Waals surface area contributed by atoms with Crippen molar-refractivity contribution in [2.24, 2.45) is 0 Å². The molecule has 12 heteroatoms. The largest absolute Gasteiger partial charge is 0.465 e. The molecule has 1 saturated heterocycles. The molecule has 47 heavy (non-hydrogen) atoms. The molecule has 0 atom stereocenters. The number of unbranched alkanes of at least 4 members (excludes halogenated alkanes) is 3. The van der Waals surface area contributed by atoms with Gasteiger partial charge >= 0.3 is 23.9 Å². The maximum Gasteiger partial charge on any atom is 0.320 e. The van der Waals surface area contributed by atoms with Crippen LogP contribution in [0.2, 0.25) is 0 Å². The predicted molar refractivity (Wildman–Crippen MR) is 180 cm³/mol. The van der Waals surface area contributed by atoms with E-state index in [0.29, 0.717) is 72.2 Å². The minimum atomic E-state index is -0.343. The molecular weight excluding hydrogens is 604 g/mol. The quantitative estimate of drug-likeness (QED) is 0.123. The lowest BCUT2D eigenvalue weighted by molar-refractivity contribution is -0.148. The Kier molecular flexibility index (Phi) is 21.4. The van der Waals surface area contributed by atoms with Gasteiger partial charge in [0.15, 0.2) is 0 Å². The zero-order valence-electron chi connectivity index (χ0n) is 29.0. The van der Waals surface area contributed by atoms with Gasteiger partial charge in [0.25, 0.3) is 0 Å². The molecule has 1 aliphatic rings. The van der Waals surface area contributed by atoms with Gasteiger partial charge in [-0.25, -0.2) is 0 Å². The number of hydrogen-bond acceptors (Lipinski definition) is 12.